The number of carbonyl (C=O) groups is 2. The highest BCUT2D eigenvalue weighted by molar-refractivity contribution is 5.99. The van der Waals surface area contributed by atoms with E-state index in [9.17, 15) is 14.7 Å². The molecular weight excluding hydrogens is 242 g/mol. The van der Waals surface area contributed by atoms with E-state index in [4.69, 9.17) is 0 Å². The van der Waals surface area contributed by atoms with Crippen molar-refractivity contribution in [3.8, 4) is 0 Å². The van der Waals surface area contributed by atoms with Gasteiger partial charge in [-0.05, 0) is 43.5 Å². The molecule has 1 aromatic heterocycles. The van der Waals surface area contributed by atoms with E-state index in [1.165, 1.54) is 11.5 Å². The lowest BCUT2D eigenvalue weighted by molar-refractivity contribution is 0.101. The second kappa shape index (κ2) is 4.88. The van der Waals surface area contributed by atoms with Crippen LogP contribution in [0.1, 0.15) is 36.8 Å². The maximum Gasteiger partial charge on any atom is 0.416 e. The first kappa shape index (κ1) is 13.3. The first-order valence-corrected chi connectivity index (χ1v) is 6.28. The molecule has 0 saturated carbocycles. The number of ketones is 1. The van der Waals surface area contributed by atoms with Gasteiger partial charge in [0.25, 0.3) is 0 Å². The molecule has 0 aliphatic heterocycles. The highest BCUT2D eigenvalue weighted by atomic mass is 16.4. The molecule has 2 aromatic rings. The number of aromatic nitrogens is 1. The van der Waals surface area contributed by atoms with E-state index in [0.717, 1.165) is 11.1 Å². The summed E-state index contributed by atoms with van der Waals surface area (Å²) in [6.07, 6.45) is -0.294. The Hall–Kier alpha value is -2.10. The topological polar surface area (TPSA) is 59.3 Å². The number of hydrogen-bond acceptors (Lipinski definition) is 2. The van der Waals surface area contributed by atoms with Gasteiger partial charge in [-0.1, -0.05) is 13.8 Å². The molecule has 0 saturated heterocycles. The Balaban J connectivity index is 2.65. The van der Waals surface area contributed by atoms with Gasteiger partial charge in [-0.3, -0.25) is 4.79 Å². The smallest absolute Gasteiger partial charge is 0.416 e. The van der Waals surface area contributed by atoms with Crippen molar-refractivity contribution in [2.45, 2.75) is 27.2 Å². The van der Waals surface area contributed by atoms with Gasteiger partial charge in [-0.2, -0.15) is 0 Å². The van der Waals surface area contributed by atoms with Crippen molar-refractivity contribution in [2.24, 2.45) is 5.92 Å². The Bertz CT molecular complexity index is 653. The number of Topliss-reactive ketones (excluding diaryl/α,β-unsaturated/α-hetero) is 1. The number of fused-ring (bicyclic) bond motifs is 1. The van der Waals surface area contributed by atoms with E-state index < -0.39 is 6.09 Å². The monoisotopic (exact) mass is 259 g/mol. The molecule has 1 N–H and O–H groups in total. The van der Waals surface area contributed by atoms with Crippen molar-refractivity contribution in [3.05, 3.63) is 35.5 Å². The molecule has 0 radical (unpaired) electrons. The van der Waals surface area contributed by atoms with E-state index in [0.29, 0.717) is 23.4 Å². The van der Waals surface area contributed by atoms with Crippen LogP contribution < -0.4 is 0 Å². The third-order valence-corrected chi connectivity index (χ3v) is 3.09. The number of carboxylic acid groups (broad SMARTS) is 1. The lowest BCUT2D eigenvalue weighted by Gasteiger charge is -2.07. The standard InChI is InChI=1S/C15H17NO3/c1-9(2)6-13-8-12-7-11(10(3)17)4-5-14(12)16(13)15(18)19/h4-5,7-9H,6H2,1-3H3,(H,18,19). The Labute approximate surface area is 111 Å². The van der Waals surface area contributed by atoms with Crippen molar-refractivity contribution in [3.63, 3.8) is 0 Å². The van der Waals surface area contributed by atoms with Crippen LogP contribution >= 0.6 is 0 Å². The van der Waals surface area contributed by atoms with E-state index in [2.05, 4.69) is 0 Å². The summed E-state index contributed by atoms with van der Waals surface area (Å²) in [5.41, 5.74) is 2.00. The summed E-state index contributed by atoms with van der Waals surface area (Å²) in [5, 5.41) is 10.1. The van der Waals surface area contributed by atoms with Gasteiger partial charge < -0.3 is 5.11 Å². The van der Waals surface area contributed by atoms with Crippen LogP contribution in [0, 0.1) is 5.92 Å². The van der Waals surface area contributed by atoms with Crippen LogP contribution in [0.5, 0.6) is 0 Å². The van der Waals surface area contributed by atoms with E-state index in [1.54, 1.807) is 18.2 Å². The largest absolute Gasteiger partial charge is 0.464 e. The molecule has 0 bridgehead atoms. The molecule has 2 rings (SSSR count). The van der Waals surface area contributed by atoms with Crippen LogP contribution in [0.2, 0.25) is 0 Å². The minimum Gasteiger partial charge on any atom is -0.464 e. The zero-order valence-electron chi connectivity index (χ0n) is 11.3. The van der Waals surface area contributed by atoms with Crippen LogP contribution in [0.4, 0.5) is 4.79 Å². The fourth-order valence-corrected chi connectivity index (χ4v) is 2.29. The Morgan fingerprint density at radius 2 is 1.95 bits per heavy atom. The van der Waals surface area contributed by atoms with Crippen molar-refractivity contribution in [1.29, 1.82) is 0 Å². The Morgan fingerprint density at radius 3 is 2.47 bits per heavy atom. The summed E-state index contributed by atoms with van der Waals surface area (Å²) in [7, 11) is 0. The van der Waals surface area contributed by atoms with Crippen LogP contribution in [-0.4, -0.2) is 21.6 Å². The second-order valence-electron chi connectivity index (χ2n) is 5.18. The lowest BCUT2D eigenvalue weighted by Crippen LogP contribution is -2.12. The van der Waals surface area contributed by atoms with Crippen molar-refractivity contribution < 1.29 is 14.7 Å². The molecular formula is C15H17NO3. The van der Waals surface area contributed by atoms with E-state index in [-0.39, 0.29) is 5.78 Å². The fraction of sp³-hybridized carbons (Fsp3) is 0.333. The van der Waals surface area contributed by atoms with Gasteiger partial charge in [0.2, 0.25) is 0 Å². The molecule has 4 nitrogen and oxygen atoms in total. The van der Waals surface area contributed by atoms with Gasteiger partial charge in [-0.15, -0.1) is 0 Å². The van der Waals surface area contributed by atoms with Crippen LogP contribution in [0.3, 0.4) is 0 Å². The third-order valence-electron chi connectivity index (χ3n) is 3.09. The number of hydrogen-bond donors (Lipinski definition) is 1. The molecule has 0 amide bonds. The zero-order chi connectivity index (χ0) is 14.2. The highest BCUT2D eigenvalue weighted by Crippen LogP contribution is 2.23. The minimum atomic E-state index is -0.985. The number of rotatable bonds is 3. The Morgan fingerprint density at radius 1 is 1.26 bits per heavy atom. The predicted molar refractivity (Wildman–Crippen MR) is 73.9 cm³/mol. The lowest BCUT2D eigenvalue weighted by atomic mass is 10.1. The first-order chi connectivity index (χ1) is 8.90. The first-order valence-electron chi connectivity index (χ1n) is 6.28. The average Bonchev–Trinajstić information content (AvgIpc) is 2.64. The summed E-state index contributed by atoms with van der Waals surface area (Å²) >= 11 is 0. The normalized spacial score (nSPS) is 11.2. The number of benzene rings is 1. The molecule has 0 fully saturated rings. The molecule has 0 spiro atoms. The van der Waals surface area contributed by atoms with E-state index in [1.807, 2.05) is 19.9 Å². The molecule has 100 valence electrons. The molecule has 1 heterocycles. The van der Waals surface area contributed by atoms with Gasteiger partial charge in [0.1, 0.15) is 0 Å². The summed E-state index contributed by atoms with van der Waals surface area (Å²) in [5.74, 6) is 0.352. The molecule has 4 heteroatoms. The molecule has 19 heavy (non-hydrogen) atoms. The Kier molecular flexibility index (Phi) is 3.42. The van der Waals surface area contributed by atoms with Crippen molar-refractivity contribution >= 4 is 22.8 Å². The maximum atomic E-state index is 11.4. The molecule has 0 unspecified atom stereocenters. The molecule has 0 aliphatic carbocycles. The van der Waals surface area contributed by atoms with Gasteiger partial charge in [0.15, 0.2) is 5.78 Å². The third kappa shape index (κ3) is 2.52. The second-order valence-corrected chi connectivity index (χ2v) is 5.18. The SMILES string of the molecule is CC(=O)c1ccc2c(c1)cc(CC(C)C)n2C(=O)O. The average molecular weight is 259 g/mol. The van der Waals surface area contributed by atoms with Gasteiger partial charge in [0, 0.05) is 16.6 Å². The summed E-state index contributed by atoms with van der Waals surface area (Å²) < 4.78 is 1.30. The van der Waals surface area contributed by atoms with Crippen LogP contribution in [0.15, 0.2) is 24.3 Å². The molecule has 0 atom stereocenters. The minimum absolute atomic E-state index is 0.0182. The van der Waals surface area contributed by atoms with Gasteiger partial charge in [-0.25, -0.2) is 9.36 Å². The highest BCUT2D eigenvalue weighted by Gasteiger charge is 2.15. The van der Waals surface area contributed by atoms with Crippen molar-refractivity contribution in [1.82, 2.24) is 4.57 Å². The zero-order valence-corrected chi connectivity index (χ0v) is 11.3. The molecule has 0 aliphatic rings. The van der Waals surface area contributed by atoms with Crippen molar-refractivity contribution in [2.75, 3.05) is 0 Å². The fourth-order valence-electron chi connectivity index (χ4n) is 2.29. The quantitative estimate of drug-likeness (QED) is 0.857. The summed E-state index contributed by atoms with van der Waals surface area (Å²) in [6.45, 7) is 5.60. The summed E-state index contributed by atoms with van der Waals surface area (Å²) in [4.78, 5) is 22.8. The molecule has 1 aromatic carbocycles. The number of carbonyl (C=O) groups excluding carboxylic acids is 1. The maximum absolute atomic E-state index is 11.4. The number of nitrogens with zero attached hydrogens (tertiary/aromatic N) is 1. The van der Waals surface area contributed by atoms with Crippen LogP contribution in [-0.2, 0) is 6.42 Å². The van der Waals surface area contributed by atoms with E-state index >= 15 is 0 Å². The predicted octanol–water partition coefficient (Wildman–Crippen LogP) is 3.57. The van der Waals surface area contributed by atoms with Gasteiger partial charge >= 0.3 is 6.09 Å². The summed E-state index contributed by atoms with van der Waals surface area (Å²) in [6, 6.07) is 6.98. The van der Waals surface area contributed by atoms with Crippen LogP contribution in [0.25, 0.3) is 10.9 Å². The van der Waals surface area contributed by atoms with Gasteiger partial charge in [0.05, 0.1) is 5.52 Å².